The van der Waals surface area contributed by atoms with Crippen molar-refractivity contribution >= 4 is 0 Å². The van der Waals surface area contributed by atoms with Crippen LogP contribution in [0.1, 0.15) is 59.3 Å². The van der Waals surface area contributed by atoms with E-state index in [1.807, 2.05) is 0 Å². The molecule has 0 amide bonds. The van der Waals surface area contributed by atoms with Crippen LogP contribution >= 0.6 is 0 Å². The van der Waals surface area contributed by atoms with Crippen molar-refractivity contribution in [1.29, 1.82) is 0 Å². The third-order valence-electron chi connectivity index (χ3n) is 2.71. The molecule has 1 nitrogen and oxygen atoms in total. The van der Waals surface area contributed by atoms with Gasteiger partial charge in [-0.15, -0.1) is 0 Å². The number of aliphatic hydroxyl groups is 1. The maximum absolute atomic E-state index is 8.69. The van der Waals surface area contributed by atoms with Crippen LogP contribution in [0.3, 0.4) is 0 Å². The first-order valence-electron chi connectivity index (χ1n) is 5.81. The van der Waals surface area contributed by atoms with Crippen LogP contribution in [0.4, 0.5) is 0 Å². The van der Waals surface area contributed by atoms with Crippen LogP contribution in [0.25, 0.3) is 0 Å². The lowest BCUT2D eigenvalue weighted by atomic mass is 9.90. The lowest BCUT2D eigenvalue weighted by Gasteiger charge is -2.16. The van der Waals surface area contributed by atoms with Crippen molar-refractivity contribution in [3.8, 4) is 0 Å². The maximum atomic E-state index is 8.69. The first-order chi connectivity index (χ1) is 6.20. The fraction of sp³-hybridized carbons (Fsp3) is 1.00. The second-order valence-electron chi connectivity index (χ2n) is 4.45. The molecule has 0 fully saturated rings. The minimum absolute atomic E-state index is 0.355. The summed E-state index contributed by atoms with van der Waals surface area (Å²) < 4.78 is 0. The average molecular weight is 186 g/mol. The average Bonchev–Trinajstić information content (AvgIpc) is 2.11. The molecule has 0 aliphatic rings. The molecule has 2 atom stereocenters. The molecular formula is C12H26O. The van der Waals surface area contributed by atoms with Crippen LogP contribution < -0.4 is 0 Å². The molecule has 13 heavy (non-hydrogen) atoms. The summed E-state index contributed by atoms with van der Waals surface area (Å²) in [5, 5.41) is 8.69. The largest absolute Gasteiger partial charge is 0.396 e. The van der Waals surface area contributed by atoms with E-state index in [1.54, 1.807) is 0 Å². The summed E-state index contributed by atoms with van der Waals surface area (Å²) in [5.41, 5.74) is 0. The minimum atomic E-state index is 0.355. The van der Waals surface area contributed by atoms with Gasteiger partial charge in [0.25, 0.3) is 0 Å². The Hall–Kier alpha value is -0.0400. The first-order valence-corrected chi connectivity index (χ1v) is 5.81. The second-order valence-corrected chi connectivity index (χ2v) is 4.45. The lowest BCUT2D eigenvalue weighted by molar-refractivity contribution is 0.264. The molecule has 0 aliphatic carbocycles. The fourth-order valence-electron chi connectivity index (χ4n) is 1.91. The smallest absolute Gasteiger partial charge is 0.0431 e. The highest BCUT2D eigenvalue weighted by molar-refractivity contribution is 4.59. The summed E-state index contributed by atoms with van der Waals surface area (Å²) >= 11 is 0. The molecule has 0 aliphatic heterocycles. The van der Waals surface area contributed by atoms with E-state index in [-0.39, 0.29) is 0 Å². The SMILES string of the molecule is CCCCC(C)CC(C)CCCO. The molecule has 0 aromatic carbocycles. The molecule has 1 heteroatoms. The van der Waals surface area contributed by atoms with Crippen LogP contribution in [0.15, 0.2) is 0 Å². The van der Waals surface area contributed by atoms with Crippen molar-refractivity contribution in [1.82, 2.24) is 0 Å². The molecule has 0 saturated heterocycles. The Bertz CT molecular complexity index is 89.3. The summed E-state index contributed by atoms with van der Waals surface area (Å²) in [7, 11) is 0. The van der Waals surface area contributed by atoms with Gasteiger partial charge in [-0.1, -0.05) is 40.0 Å². The highest BCUT2D eigenvalue weighted by Crippen LogP contribution is 2.20. The van der Waals surface area contributed by atoms with Gasteiger partial charge in [0.15, 0.2) is 0 Å². The van der Waals surface area contributed by atoms with Gasteiger partial charge in [-0.2, -0.15) is 0 Å². The van der Waals surface area contributed by atoms with E-state index in [2.05, 4.69) is 20.8 Å². The van der Waals surface area contributed by atoms with E-state index in [1.165, 1.54) is 32.1 Å². The van der Waals surface area contributed by atoms with Gasteiger partial charge in [0, 0.05) is 6.61 Å². The zero-order chi connectivity index (χ0) is 10.1. The summed E-state index contributed by atoms with van der Waals surface area (Å²) in [6.07, 6.45) is 7.55. The molecule has 0 heterocycles. The van der Waals surface area contributed by atoms with Crippen molar-refractivity contribution in [2.45, 2.75) is 59.3 Å². The number of aliphatic hydroxyl groups excluding tert-OH is 1. The minimum Gasteiger partial charge on any atom is -0.396 e. The fourth-order valence-corrected chi connectivity index (χ4v) is 1.91. The summed E-state index contributed by atoms with van der Waals surface area (Å²) in [6.45, 7) is 7.26. The predicted octanol–water partition coefficient (Wildman–Crippen LogP) is 3.61. The van der Waals surface area contributed by atoms with Crippen LogP contribution in [-0.4, -0.2) is 11.7 Å². The van der Waals surface area contributed by atoms with E-state index in [9.17, 15) is 0 Å². The Morgan fingerprint density at radius 1 is 1.00 bits per heavy atom. The molecule has 0 radical (unpaired) electrons. The van der Waals surface area contributed by atoms with Gasteiger partial charge in [-0.25, -0.2) is 0 Å². The molecule has 2 unspecified atom stereocenters. The van der Waals surface area contributed by atoms with Crippen molar-refractivity contribution in [2.75, 3.05) is 6.61 Å². The molecular weight excluding hydrogens is 160 g/mol. The number of unbranched alkanes of at least 4 members (excludes halogenated alkanes) is 1. The zero-order valence-corrected chi connectivity index (χ0v) is 9.55. The molecule has 0 aromatic rings. The van der Waals surface area contributed by atoms with Crippen molar-refractivity contribution < 1.29 is 5.11 Å². The Balaban J connectivity index is 3.35. The van der Waals surface area contributed by atoms with E-state index < -0.39 is 0 Å². The maximum Gasteiger partial charge on any atom is 0.0431 e. The number of rotatable bonds is 8. The van der Waals surface area contributed by atoms with Gasteiger partial charge in [-0.05, 0) is 31.1 Å². The van der Waals surface area contributed by atoms with Gasteiger partial charge in [-0.3, -0.25) is 0 Å². The summed E-state index contributed by atoms with van der Waals surface area (Å²) in [4.78, 5) is 0. The summed E-state index contributed by atoms with van der Waals surface area (Å²) in [5.74, 6) is 1.66. The third kappa shape index (κ3) is 8.29. The van der Waals surface area contributed by atoms with Crippen molar-refractivity contribution in [2.24, 2.45) is 11.8 Å². The highest BCUT2D eigenvalue weighted by Gasteiger charge is 2.07. The van der Waals surface area contributed by atoms with E-state index >= 15 is 0 Å². The molecule has 0 saturated carbocycles. The van der Waals surface area contributed by atoms with Crippen LogP contribution in [0.5, 0.6) is 0 Å². The second kappa shape index (κ2) is 8.55. The van der Waals surface area contributed by atoms with Crippen LogP contribution in [0.2, 0.25) is 0 Å². The van der Waals surface area contributed by atoms with Gasteiger partial charge in [0.1, 0.15) is 0 Å². The quantitative estimate of drug-likeness (QED) is 0.614. The predicted molar refractivity (Wildman–Crippen MR) is 58.8 cm³/mol. The first kappa shape index (κ1) is 13.0. The van der Waals surface area contributed by atoms with Gasteiger partial charge in [0.2, 0.25) is 0 Å². The van der Waals surface area contributed by atoms with E-state index in [0.717, 1.165) is 18.3 Å². The molecule has 0 bridgehead atoms. The zero-order valence-electron chi connectivity index (χ0n) is 9.55. The Kier molecular flexibility index (Phi) is 8.53. The lowest BCUT2D eigenvalue weighted by Crippen LogP contribution is -2.04. The number of hydrogen-bond acceptors (Lipinski definition) is 1. The van der Waals surface area contributed by atoms with Crippen LogP contribution in [0, 0.1) is 11.8 Å². The highest BCUT2D eigenvalue weighted by atomic mass is 16.2. The van der Waals surface area contributed by atoms with E-state index in [0.29, 0.717) is 6.61 Å². The standard InChI is InChI=1S/C12H26O/c1-4-5-7-11(2)10-12(3)8-6-9-13/h11-13H,4-10H2,1-3H3. The van der Waals surface area contributed by atoms with Crippen LogP contribution in [-0.2, 0) is 0 Å². The Morgan fingerprint density at radius 3 is 2.00 bits per heavy atom. The number of hydrogen-bond donors (Lipinski definition) is 1. The molecule has 0 rings (SSSR count). The van der Waals surface area contributed by atoms with Crippen molar-refractivity contribution in [3.05, 3.63) is 0 Å². The van der Waals surface area contributed by atoms with Gasteiger partial charge < -0.3 is 5.11 Å². The van der Waals surface area contributed by atoms with Crippen molar-refractivity contribution in [3.63, 3.8) is 0 Å². The van der Waals surface area contributed by atoms with Gasteiger partial charge in [0.05, 0.1) is 0 Å². The molecule has 80 valence electrons. The Labute approximate surface area is 83.5 Å². The Morgan fingerprint density at radius 2 is 1.54 bits per heavy atom. The summed E-state index contributed by atoms with van der Waals surface area (Å²) in [6, 6.07) is 0. The topological polar surface area (TPSA) is 20.2 Å². The van der Waals surface area contributed by atoms with Gasteiger partial charge >= 0.3 is 0 Å². The normalized spacial score (nSPS) is 15.7. The van der Waals surface area contributed by atoms with E-state index in [4.69, 9.17) is 5.11 Å². The molecule has 0 spiro atoms. The third-order valence-corrected chi connectivity index (χ3v) is 2.71. The monoisotopic (exact) mass is 186 g/mol. The molecule has 1 N–H and O–H groups in total. The molecule has 0 aromatic heterocycles.